The van der Waals surface area contributed by atoms with Gasteiger partial charge in [-0.1, -0.05) is 15.9 Å². The molecule has 112 valence electrons. The van der Waals surface area contributed by atoms with Gasteiger partial charge in [-0.3, -0.25) is 4.21 Å². The summed E-state index contributed by atoms with van der Waals surface area (Å²) < 4.78 is 23.7. The van der Waals surface area contributed by atoms with Gasteiger partial charge in [0.1, 0.15) is 18.1 Å². The van der Waals surface area contributed by atoms with E-state index in [1.165, 1.54) is 0 Å². The van der Waals surface area contributed by atoms with Crippen LogP contribution >= 0.6 is 15.9 Å². The third-order valence-electron chi connectivity index (χ3n) is 2.82. The van der Waals surface area contributed by atoms with E-state index in [-0.39, 0.29) is 0 Å². The van der Waals surface area contributed by atoms with Crippen LogP contribution in [0, 0.1) is 0 Å². The van der Waals surface area contributed by atoms with E-state index in [0.29, 0.717) is 22.9 Å². The highest BCUT2D eigenvalue weighted by molar-refractivity contribution is 9.10. The molecule has 0 saturated carbocycles. The van der Waals surface area contributed by atoms with Gasteiger partial charge in [0, 0.05) is 10.2 Å². The molecular weight excluding hydrogens is 354 g/mol. The Hall–Kier alpha value is -1.53. The Morgan fingerprint density at radius 1 is 1.14 bits per heavy atom. The van der Waals surface area contributed by atoms with Crippen molar-refractivity contribution in [2.24, 2.45) is 0 Å². The molecule has 2 rings (SSSR count). The minimum absolute atomic E-state index is 0.352. The maximum atomic E-state index is 12.2. The van der Waals surface area contributed by atoms with E-state index in [1.54, 1.807) is 19.2 Å². The molecule has 1 atom stereocenters. The van der Waals surface area contributed by atoms with E-state index in [9.17, 15) is 4.21 Å². The van der Waals surface area contributed by atoms with Crippen LogP contribution in [0.15, 0.2) is 51.8 Å². The number of benzene rings is 2. The molecule has 2 N–H and O–H groups in total. The predicted molar refractivity (Wildman–Crippen MR) is 88.3 cm³/mol. The summed E-state index contributed by atoms with van der Waals surface area (Å²) in [7, 11) is 0.423. The fraction of sp³-hybridized carbons (Fsp3) is 0.200. The zero-order valence-electron chi connectivity index (χ0n) is 11.5. The molecular formula is C15H16BrNO3S. The Kier molecular flexibility index (Phi) is 5.64. The normalized spacial score (nSPS) is 11.9. The molecule has 0 aliphatic heterocycles. The molecule has 1 unspecified atom stereocenters. The van der Waals surface area contributed by atoms with Gasteiger partial charge in [-0.15, -0.1) is 0 Å². The van der Waals surface area contributed by atoms with Crippen LogP contribution in [0.2, 0.25) is 0 Å². The third-order valence-corrected chi connectivity index (χ3v) is 4.69. The molecule has 0 aliphatic rings. The summed E-state index contributed by atoms with van der Waals surface area (Å²) in [6, 6.07) is 12.6. The lowest BCUT2D eigenvalue weighted by Crippen LogP contribution is -2.10. The minimum Gasteiger partial charge on any atom is -0.497 e. The highest BCUT2D eigenvalue weighted by atomic mass is 79.9. The van der Waals surface area contributed by atoms with Gasteiger partial charge in [0.05, 0.1) is 28.6 Å². The number of rotatable bonds is 6. The smallest absolute Gasteiger partial charge is 0.119 e. The van der Waals surface area contributed by atoms with Gasteiger partial charge in [0.15, 0.2) is 0 Å². The Labute approximate surface area is 134 Å². The summed E-state index contributed by atoms with van der Waals surface area (Å²) in [5.74, 6) is 1.87. The van der Waals surface area contributed by atoms with Crippen molar-refractivity contribution in [2.75, 3.05) is 25.2 Å². The Morgan fingerprint density at radius 3 is 2.48 bits per heavy atom. The highest BCUT2D eigenvalue weighted by Crippen LogP contribution is 2.22. The summed E-state index contributed by atoms with van der Waals surface area (Å²) in [5.41, 5.74) is 6.37. The molecule has 0 radical (unpaired) electrons. The maximum Gasteiger partial charge on any atom is 0.119 e. The Bertz CT molecular complexity index is 631. The molecule has 2 aromatic rings. The zero-order chi connectivity index (χ0) is 15.2. The summed E-state index contributed by atoms with van der Waals surface area (Å²) in [4.78, 5) is 0.628. The molecule has 6 heteroatoms. The molecule has 0 bridgehead atoms. The maximum absolute atomic E-state index is 12.2. The molecule has 0 heterocycles. The Balaban J connectivity index is 1.90. The van der Waals surface area contributed by atoms with Crippen molar-refractivity contribution in [1.82, 2.24) is 0 Å². The monoisotopic (exact) mass is 369 g/mol. The van der Waals surface area contributed by atoms with Crippen LogP contribution in [-0.4, -0.2) is 23.7 Å². The van der Waals surface area contributed by atoms with Crippen LogP contribution in [0.25, 0.3) is 0 Å². The number of hydrogen-bond acceptors (Lipinski definition) is 4. The molecule has 0 spiro atoms. The van der Waals surface area contributed by atoms with Crippen LogP contribution in [0.5, 0.6) is 11.5 Å². The van der Waals surface area contributed by atoms with Crippen LogP contribution in [-0.2, 0) is 10.8 Å². The molecule has 4 nitrogen and oxygen atoms in total. The lowest BCUT2D eigenvalue weighted by molar-refractivity contribution is 0.341. The first-order chi connectivity index (χ1) is 10.1. The fourth-order valence-corrected chi connectivity index (χ4v) is 3.28. The van der Waals surface area contributed by atoms with Crippen LogP contribution in [0.4, 0.5) is 5.69 Å². The largest absolute Gasteiger partial charge is 0.497 e. The standard InChI is InChI=1S/C15H16BrNO3S/c1-19-12-3-5-13(6-4-12)20-8-9-21(18)15-10-11(16)2-7-14(15)17/h2-7,10H,8-9,17H2,1H3. The van der Waals surface area contributed by atoms with Gasteiger partial charge in [-0.25, -0.2) is 0 Å². The average molecular weight is 370 g/mol. The summed E-state index contributed by atoms with van der Waals surface area (Å²) in [5, 5.41) is 0. The topological polar surface area (TPSA) is 61.5 Å². The van der Waals surface area contributed by atoms with Crippen molar-refractivity contribution in [3.05, 3.63) is 46.9 Å². The number of nitrogens with two attached hydrogens (primary N) is 1. The molecule has 0 fully saturated rings. The molecule has 0 aromatic heterocycles. The van der Waals surface area contributed by atoms with Crippen molar-refractivity contribution in [1.29, 1.82) is 0 Å². The highest BCUT2D eigenvalue weighted by Gasteiger charge is 2.09. The Morgan fingerprint density at radius 2 is 1.81 bits per heavy atom. The number of anilines is 1. The zero-order valence-corrected chi connectivity index (χ0v) is 13.9. The van der Waals surface area contributed by atoms with E-state index in [1.807, 2.05) is 30.3 Å². The summed E-state index contributed by atoms with van der Waals surface area (Å²) >= 11 is 3.35. The van der Waals surface area contributed by atoms with Crippen molar-refractivity contribution in [3.63, 3.8) is 0 Å². The van der Waals surface area contributed by atoms with Crippen LogP contribution in [0.1, 0.15) is 0 Å². The quantitative estimate of drug-likeness (QED) is 0.794. The lowest BCUT2D eigenvalue weighted by atomic mass is 10.3. The van der Waals surface area contributed by atoms with Crippen molar-refractivity contribution < 1.29 is 13.7 Å². The molecule has 0 saturated heterocycles. The van der Waals surface area contributed by atoms with E-state index in [0.717, 1.165) is 16.0 Å². The van der Waals surface area contributed by atoms with Gasteiger partial charge in [0.25, 0.3) is 0 Å². The number of methoxy groups -OCH3 is 1. The number of nitrogen functional groups attached to an aromatic ring is 1. The van der Waals surface area contributed by atoms with Crippen molar-refractivity contribution >= 4 is 32.4 Å². The van der Waals surface area contributed by atoms with Gasteiger partial charge in [-0.2, -0.15) is 0 Å². The van der Waals surface area contributed by atoms with Crippen molar-refractivity contribution in [3.8, 4) is 11.5 Å². The molecule has 21 heavy (non-hydrogen) atoms. The molecule has 0 amide bonds. The number of halogens is 1. The van der Waals surface area contributed by atoms with Gasteiger partial charge < -0.3 is 15.2 Å². The van der Waals surface area contributed by atoms with Gasteiger partial charge in [0.2, 0.25) is 0 Å². The van der Waals surface area contributed by atoms with Crippen LogP contribution < -0.4 is 15.2 Å². The van der Waals surface area contributed by atoms with E-state index in [2.05, 4.69) is 15.9 Å². The summed E-state index contributed by atoms with van der Waals surface area (Å²) in [6.07, 6.45) is 0. The first-order valence-corrected chi connectivity index (χ1v) is 8.41. The van der Waals surface area contributed by atoms with Gasteiger partial charge in [-0.05, 0) is 42.5 Å². The number of ether oxygens (including phenoxy) is 2. The SMILES string of the molecule is COc1ccc(OCCS(=O)c2cc(Br)ccc2N)cc1. The molecule has 0 aliphatic carbocycles. The fourth-order valence-electron chi connectivity index (χ4n) is 1.72. The average Bonchev–Trinajstić information content (AvgIpc) is 2.50. The lowest BCUT2D eigenvalue weighted by Gasteiger charge is -2.09. The van der Waals surface area contributed by atoms with Gasteiger partial charge >= 0.3 is 0 Å². The molecule has 2 aromatic carbocycles. The first-order valence-electron chi connectivity index (χ1n) is 6.30. The number of hydrogen-bond donors (Lipinski definition) is 1. The first kappa shape index (κ1) is 15.9. The third kappa shape index (κ3) is 4.47. The second kappa shape index (κ2) is 7.47. The van der Waals surface area contributed by atoms with Crippen molar-refractivity contribution in [2.45, 2.75) is 4.90 Å². The van der Waals surface area contributed by atoms with E-state index < -0.39 is 10.8 Å². The predicted octanol–water partition coefficient (Wildman–Crippen LogP) is 3.23. The summed E-state index contributed by atoms with van der Waals surface area (Å²) in [6.45, 7) is 0.352. The minimum atomic E-state index is -1.19. The van der Waals surface area contributed by atoms with E-state index >= 15 is 0 Å². The van der Waals surface area contributed by atoms with E-state index in [4.69, 9.17) is 15.2 Å². The second-order valence-corrected chi connectivity index (χ2v) is 6.71. The second-order valence-electron chi connectivity index (χ2n) is 4.26. The van der Waals surface area contributed by atoms with Crippen LogP contribution in [0.3, 0.4) is 0 Å².